The van der Waals surface area contributed by atoms with Crippen molar-refractivity contribution in [2.75, 3.05) is 6.61 Å². The molecule has 5 nitrogen and oxygen atoms in total. The van der Waals surface area contributed by atoms with Gasteiger partial charge in [-0.25, -0.2) is 0 Å². The Balaban J connectivity index is 2.86. The average Bonchev–Trinajstić information content (AvgIpc) is 2.28. The van der Waals surface area contributed by atoms with E-state index in [0.29, 0.717) is 17.9 Å². The average molecular weight is 225 g/mol. The molecule has 0 bridgehead atoms. The van der Waals surface area contributed by atoms with Crippen LogP contribution in [-0.2, 0) is 4.79 Å². The molecule has 0 aliphatic heterocycles. The van der Waals surface area contributed by atoms with Gasteiger partial charge in [-0.3, -0.25) is 4.79 Å². The van der Waals surface area contributed by atoms with Crippen LogP contribution in [0.25, 0.3) is 0 Å². The Morgan fingerprint density at radius 2 is 2.19 bits per heavy atom. The fourth-order valence-corrected chi connectivity index (χ4v) is 1.29. The van der Waals surface area contributed by atoms with Crippen molar-refractivity contribution in [3.8, 4) is 5.75 Å². The van der Waals surface area contributed by atoms with Gasteiger partial charge < -0.3 is 20.7 Å². The predicted molar refractivity (Wildman–Crippen MR) is 57.8 cm³/mol. The van der Waals surface area contributed by atoms with Gasteiger partial charge in [-0.15, -0.1) is 0 Å². The topological polar surface area (TPSA) is 92.8 Å². The molecule has 1 rings (SSSR count). The van der Waals surface area contributed by atoms with Gasteiger partial charge in [-0.1, -0.05) is 12.1 Å². The molecule has 0 saturated heterocycles. The summed E-state index contributed by atoms with van der Waals surface area (Å²) in [5.41, 5.74) is 5.28. The van der Waals surface area contributed by atoms with Gasteiger partial charge in [0.15, 0.2) is 6.10 Å². The Bertz CT molecular complexity index is 367. The lowest BCUT2D eigenvalue weighted by molar-refractivity contribution is -0.131. The fraction of sp³-hybridized carbons (Fsp3) is 0.364. The molecular formula is C11H15NO4. The van der Waals surface area contributed by atoms with Gasteiger partial charge in [0.05, 0.1) is 6.61 Å². The van der Waals surface area contributed by atoms with Crippen molar-refractivity contribution in [2.24, 2.45) is 5.73 Å². The van der Waals surface area contributed by atoms with Crippen LogP contribution in [0.4, 0.5) is 0 Å². The van der Waals surface area contributed by atoms with Crippen molar-refractivity contribution < 1.29 is 19.7 Å². The number of hydrogen-bond acceptors (Lipinski definition) is 4. The van der Waals surface area contributed by atoms with Crippen LogP contribution in [0.2, 0.25) is 0 Å². The molecular weight excluding hydrogens is 210 g/mol. The van der Waals surface area contributed by atoms with Gasteiger partial charge in [-0.2, -0.15) is 0 Å². The zero-order valence-corrected chi connectivity index (χ0v) is 8.96. The first-order valence-electron chi connectivity index (χ1n) is 4.94. The van der Waals surface area contributed by atoms with Crippen molar-refractivity contribution in [3.05, 3.63) is 29.8 Å². The number of aliphatic hydroxyl groups is 2. The second-order valence-electron chi connectivity index (χ2n) is 3.30. The molecule has 4 N–H and O–H groups in total. The molecule has 0 aliphatic carbocycles. The normalized spacial score (nSPS) is 14.2. The first-order chi connectivity index (χ1) is 7.56. The van der Waals surface area contributed by atoms with Gasteiger partial charge in [0.2, 0.25) is 5.91 Å². The summed E-state index contributed by atoms with van der Waals surface area (Å²) in [6.07, 6.45) is -2.95. The Morgan fingerprint density at radius 1 is 1.50 bits per heavy atom. The number of ether oxygens (including phenoxy) is 1. The maximum Gasteiger partial charge on any atom is 0.249 e. The summed E-state index contributed by atoms with van der Waals surface area (Å²) in [7, 11) is 0. The van der Waals surface area contributed by atoms with E-state index in [2.05, 4.69) is 0 Å². The number of benzene rings is 1. The molecule has 0 fully saturated rings. The molecule has 0 heterocycles. The molecule has 16 heavy (non-hydrogen) atoms. The van der Waals surface area contributed by atoms with Crippen molar-refractivity contribution >= 4 is 5.91 Å². The minimum atomic E-state index is -1.61. The smallest absolute Gasteiger partial charge is 0.249 e. The van der Waals surface area contributed by atoms with Crippen molar-refractivity contribution in [3.63, 3.8) is 0 Å². The summed E-state index contributed by atoms with van der Waals surface area (Å²) in [4.78, 5) is 10.7. The highest BCUT2D eigenvalue weighted by molar-refractivity contribution is 5.79. The number of carbonyl (C=O) groups is 1. The van der Waals surface area contributed by atoms with Gasteiger partial charge in [0, 0.05) is 0 Å². The summed E-state index contributed by atoms with van der Waals surface area (Å²) in [6, 6.07) is 6.52. The van der Waals surface area contributed by atoms with E-state index in [4.69, 9.17) is 10.5 Å². The van der Waals surface area contributed by atoms with Crippen LogP contribution in [0.15, 0.2) is 24.3 Å². The zero-order valence-electron chi connectivity index (χ0n) is 8.96. The van der Waals surface area contributed by atoms with E-state index in [1.165, 1.54) is 0 Å². The van der Waals surface area contributed by atoms with E-state index < -0.39 is 18.1 Å². The van der Waals surface area contributed by atoms with Crippen LogP contribution in [-0.4, -0.2) is 28.8 Å². The number of aliphatic hydroxyl groups excluding tert-OH is 2. The Labute approximate surface area is 93.5 Å². The molecule has 2 atom stereocenters. The molecule has 0 spiro atoms. The zero-order chi connectivity index (χ0) is 12.1. The number of carbonyl (C=O) groups excluding carboxylic acids is 1. The van der Waals surface area contributed by atoms with E-state index in [1.807, 2.05) is 6.92 Å². The van der Waals surface area contributed by atoms with Crippen LogP contribution >= 0.6 is 0 Å². The van der Waals surface area contributed by atoms with E-state index >= 15 is 0 Å². The van der Waals surface area contributed by atoms with Crippen molar-refractivity contribution in [1.29, 1.82) is 0 Å². The van der Waals surface area contributed by atoms with Crippen molar-refractivity contribution in [1.82, 2.24) is 0 Å². The van der Waals surface area contributed by atoms with E-state index in [0.717, 1.165) is 0 Å². The molecule has 5 heteroatoms. The summed E-state index contributed by atoms with van der Waals surface area (Å²) < 4.78 is 5.23. The SMILES string of the molecule is CCOc1cccc(C(O)C(O)C(N)=O)c1. The highest BCUT2D eigenvalue weighted by Gasteiger charge is 2.23. The minimum absolute atomic E-state index is 0.386. The lowest BCUT2D eigenvalue weighted by Gasteiger charge is -2.15. The largest absolute Gasteiger partial charge is 0.494 e. The first-order valence-corrected chi connectivity index (χ1v) is 4.94. The number of amides is 1. The number of primary amides is 1. The second-order valence-corrected chi connectivity index (χ2v) is 3.30. The van der Waals surface area contributed by atoms with E-state index in [-0.39, 0.29) is 0 Å². The third-order valence-electron chi connectivity index (χ3n) is 2.10. The molecule has 0 aliphatic rings. The molecule has 1 aromatic carbocycles. The van der Waals surface area contributed by atoms with Gasteiger partial charge in [0.1, 0.15) is 11.9 Å². The number of nitrogens with two attached hydrogens (primary N) is 1. The molecule has 88 valence electrons. The quantitative estimate of drug-likeness (QED) is 0.655. The van der Waals surface area contributed by atoms with Crippen LogP contribution in [0, 0.1) is 0 Å². The van der Waals surface area contributed by atoms with Gasteiger partial charge in [-0.05, 0) is 24.6 Å². The van der Waals surface area contributed by atoms with Crippen LogP contribution < -0.4 is 10.5 Å². The van der Waals surface area contributed by atoms with Gasteiger partial charge >= 0.3 is 0 Å². The summed E-state index contributed by atoms with van der Waals surface area (Å²) in [6.45, 7) is 2.33. The second kappa shape index (κ2) is 5.48. The standard InChI is InChI=1S/C11H15NO4/c1-2-16-8-5-3-4-7(6-8)9(13)10(14)11(12)15/h3-6,9-10,13-14H,2H2,1H3,(H2,12,15). The lowest BCUT2D eigenvalue weighted by Crippen LogP contribution is -2.33. The van der Waals surface area contributed by atoms with E-state index in [1.54, 1.807) is 24.3 Å². The van der Waals surface area contributed by atoms with Crippen molar-refractivity contribution in [2.45, 2.75) is 19.1 Å². The molecule has 0 aromatic heterocycles. The third-order valence-corrected chi connectivity index (χ3v) is 2.10. The van der Waals surface area contributed by atoms with Gasteiger partial charge in [0.25, 0.3) is 0 Å². The lowest BCUT2D eigenvalue weighted by atomic mass is 10.0. The Morgan fingerprint density at radius 3 is 2.75 bits per heavy atom. The number of hydrogen-bond donors (Lipinski definition) is 3. The maximum absolute atomic E-state index is 10.7. The molecule has 0 radical (unpaired) electrons. The first kappa shape index (κ1) is 12.5. The molecule has 1 aromatic rings. The Hall–Kier alpha value is -1.59. The maximum atomic E-state index is 10.7. The van der Waals surface area contributed by atoms with Crippen LogP contribution in [0.1, 0.15) is 18.6 Å². The highest BCUT2D eigenvalue weighted by Crippen LogP contribution is 2.21. The van der Waals surface area contributed by atoms with Crippen LogP contribution in [0.3, 0.4) is 0 Å². The molecule has 1 amide bonds. The van der Waals surface area contributed by atoms with Crippen LogP contribution in [0.5, 0.6) is 5.75 Å². The highest BCUT2D eigenvalue weighted by atomic mass is 16.5. The minimum Gasteiger partial charge on any atom is -0.494 e. The monoisotopic (exact) mass is 225 g/mol. The summed E-state index contributed by atoms with van der Waals surface area (Å²) in [5.74, 6) is -0.398. The summed E-state index contributed by atoms with van der Waals surface area (Å²) in [5, 5.41) is 18.9. The van der Waals surface area contributed by atoms with E-state index in [9.17, 15) is 15.0 Å². The molecule has 2 unspecified atom stereocenters. The predicted octanol–water partition coefficient (Wildman–Crippen LogP) is -0.0351. The third kappa shape index (κ3) is 2.95. The summed E-state index contributed by atoms with van der Waals surface area (Å²) >= 11 is 0. The molecule has 0 saturated carbocycles. The fourth-order valence-electron chi connectivity index (χ4n) is 1.29. The Kier molecular flexibility index (Phi) is 4.28. The number of rotatable bonds is 5.